The molecule has 0 radical (unpaired) electrons. The first-order chi connectivity index (χ1) is 9.50. The van der Waals surface area contributed by atoms with Crippen LogP contribution in [0.3, 0.4) is 0 Å². The number of halogens is 3. The zero-order valence-electron chi connectivity index (χ0n) is 10.4. The van der Waals surface area contributed by atoms with Crippen molar-refractivity contribution in [3.63, 3.8) is 0 Å². The molecule has 0 aliphatic rings. The number of nitrogens with zero attached hydrogens (tertiary/aromatic N) is 1. The van der Waals surface area contributed by atoms with E-state index in [2.05, 4.69) is 5.32 Å². The predicted molar refractivity (Wildman–Crippen MR) is 71.0 cm³/mol. The van der Waals surface area contributed by atoms with Gasteiger partial charge in [0.2, 0.25) is 0 Å². The van der Waals surface area contributed by atoms with Crippen LogP contribution >= 0.6 is 11.3 Å². The second-order valence-electron chi connectivity index (χ2n) is 4.14. The molecule has 1 aromatic carbocycles. The number of hydrogen-bond acceptors (Lipinski definition) is 3. The van der Waals surface area contributed by atoms with Crippen molar-refractivity contribution in [2.45, 2.75) is 19.3 Å². The minimum Gasteiger partial charge on any atom is -0.308 e. The second kappa shape index (κ2) is 6.07. The molecule has 6 heteroatoms. The Balaban J connectivity index is 2.00. The molecule has 0 amide bonds. The number of hydrogen-bond donors (Lipinski definition) is 1. The third-order valence-electron chi connectivity index (χ3n) is 2.71. The summed E-state index contributed by atoms with van der Waals surface area (Å²) < 4.78 is 38.4. The number of nitriles is 1. The van der Waals surface area contributed by atoms with Crippen molar-refractivity contribution < 1.29 is 13.2 Å². The maximum Gasteiger partial charge on any atom is 0.416 e. The summed E-state index contributed by atoms with van der Waals surface area (Å²) in [6, 6.07) is 11.0. The molecule has 104 valence electrons. The summed E-state index contributed by atoms with van der Waals surface area (Å²) in [5, 5.41) is 11.7. The van der Waals surface area contributed by atoms with Gasteiger partial charge in [0.05, 0.1) is 5.56 Å². The van der Waals surface area contributed by atoms with Crippen LogP contribution in [0.4, 0.5) is 13.2 Å². The Labute approximate surface area is 118 Å². The van der Waals surface area contributed by atoms with Gasteiger partial charge in [-0.15, -0.1) is 11.3 Å². The van der Waals surface area contributed by atoms with Gasteiger partial charge in [-0.05, 0) is 23.8 Å². The number of benzene rings is 1. The molecule has 1 heterocycles. The van der Waals surface area contributed by atoms with Crippen LogP contribution in [0, 0.1) is 11.3 Å². The van der Waals surface area contributed by atoms with Crippen molar-refractivity contribution in [2.75, 3.05) is 0 Å². The van der Waals surface area contributed by atoms with Gasteiger partial charge in [-0.2, -0.15) is 18.4 Å². The highest BCUT2D eigenvalue weighted by Crippen LogP contribution is 2.31. The van der Waals surface area contributed by atoms with E-state index < -0.39 is 11.7 Å². The Morgan fingerprint density at radius 3 is 2.50 bits per heavy atom. The first kappa shape index (κ1) is 14.6. The van der Waals surface area contributed by atoms with E-state index in [1.165, 1.54) is 23.5 Å². The Morgan fingerprint density at radius 1 is 1.10 bits per heavy atom. The van der Waals surface area contributed by atoms with Crippen molar-refractivity contribution >= 4 is 11.3 Å². The number of rotatable bonds is 4. The largest absolute Gasteiger partial charge is 0.416 e. The number of thiophene rings is 1. The van der Waals surface area contributed by atoms with Crippen LogP contribution in [0.5, 0.6) is 0 Å². The van der Waals surface area contributed by atoms with E-state index in [1.807, 2.05) is 6.07 Å². The van der Waals surface area contributed by atoms with Crippen LogP contribution in [0.25, 0.3) is 0 Å². The summed E-state index contributed by atoms with van der Waals surface area (Å²) >= 11 is 1.33. The van der Waals surface area contributed by atoms with Gasteiger partial charge in [-0.25, -0.2) is 0 Å². The lowest BCUT2D eigenvalue weighted by Gasteiger charge is -2.12. The van der Waals surface area contributed by atoms with Crippen LogP contribution < -0.4 is 5.32 Å². The molecule has 0 unspecified atom stereocenters. The van der Waals surface area contributed by atoms with E-state index in [0.717, 1.165) is 10.9 Å². The average Bonchev–Trinajstić information content (AvgIpc) is 2.86. The van der Waals surface area contributed by atoms with Crippen molar-refractivity contribution in [1.29, 1.82) is 5.26 Å². The standard InChI is InChI=1S/C14H11F3N2S/c15-14(16,17)13-4-2-1-3-10(13)8-19-9-12-6-5-11(7-18)20-12/h1-6,19H,8-9H2. The van der Waals surface area contributed by atoms with E-state index in [1.54, 1.807) is 18.2 Å². The lowest BCUT2D eigenvalue weighted by Crippen LogP contribution is -2.16. The SMILES string of the molecule is N#Cc1ccc(CNCc2ccccc2C(F)(F)F)s1. The van der Waals surface area contributed by atoms with Gasteiger partial charge in [-0.3, -0.25) is 0 Å². The lowest BCUT2D eigenvalue weighted by atomic mass is 10.1. The third kappa shape index (κ3) is 3.59. The zero-order chi connectivity index (χ0) is 14.6. The number of nitrogens with one attached hydrogen (secondary N) is 1. The predicted octanol–water partition coefficient (Wildman–Crippen LogP) is 3.93. The first-order valence-corrected chi connectivity index (χ1v) is 6.67. The fourth-order valence-electron chi connectivity index (χ4n) is 1.80. The van der Waals surface area contributed by atoms with Crippen LogP contribution in [-0.2, 0) is 19.3 Å². The summed E-state index contributed by atoms with van der Waals surface area (Å²) in [4.78, 5) is 1.52. The minimum absolute atomic E-state index is 0.134. The Bertz CT molecular complexity index is 626. The molecule has 0 atom stereocenters. The molecule has 0 aliphatic heterocycles. The van der Waals surface area contributed by atoms with Crippen LogP contribution in [0.2, 0.25) is 0 Å². The molecule has 0 saturated carbocycles. The highest BCUT2D eigenvalue weighted by molar-refractivity contribution is 7.12. The maximum absolute atomic E-state index is 12.8. The van der Waals surface area contributed by atoms with Crippen molar-refractivity contribution in [3.05, 3.63) is 57.3 Å². The monoisotopic (exact) mass is 296 g/mol. The topological polar surface area (TPSA) is 35.8 Å². The highest BCUT2D eigenvalue weighted by atomic mass is 32.1. The van der Waals surface area contributed by atoms with Crippen molar-refractivity contribution in [1.82, 2.24) is 5.32 Å². The van der Waals surface area contributed by atoms with Gasteiger partial charge < -0.3 is 5.32 Å². The van der Waals surface area contributed by atoms with Gasteiger partial charge in [0, 0.05) is 18.0 Å². The lowest BCUT2D eigenvalue weighted by molar-refractivity contribution is -0.138. The molecule has 20 heavy (non-hydrogen) atoms. The summed E-state index contributed by atoms with van der Waals surface area (Å²) in [6.45, 7) is 0.577. The maximum atomic E-state index is 12.8. The zero-order valence-corrected chi connectivity index (χ0v) is 11.2. The van der Waals surface area contributed by atoms with Gasteiger partial charge in [0.25, 0.3) is 0 Å². The third-order valence-corrected chi connectivity index (χ3v) is 3.70. The van der Waals surface area contributed by atoms with E-state index >= 15 is 0 Å². The molecule has 1 N–H and O–H groups in total. The van der Waals surface area contributed by atoms with Crippen LogP contribution in [-0.4, -0.2) is 0 Å². The van der Waals surface area contributed by atoms with Gasteiger partial charge in [0.1, 0.15) is 10.9 Å². The number of alkyl halides is 3. The summed E-state index contributed by atoms with van der Waals surface area (Å²) in [5.41, 5.74) is -0.395. The molecular weight excluding hydrogens is 285 g/mol. The van der Waals surface area contributed by atoms with E-state index in [4.69, 9.17) is 5.26 Å². The molecule has 0 saturated heterocycles. The van der Waals surface area contributed by atoms with Crippen molar-refractivity contribution in [2.24, 2.45) is 0 Å². The molecule has 2 aromatic rings. The van der Waals surface area contributed by atoms with Gasteiger partial charge in [-0.1, -0.05) is 18.2 Å². The summed E-state index contributed by atoms with van der Waals surface area (Å²) in [5.74, 6) is 0. The minimum atomic E-state index is -4.34. The quantitative estimate of drug-likeness (QED) is 0.928. The Hall–Kier alpha value is -1.84. The smallest absolute Gasteiger partial charge is 0.308 e. The Morgan fingerprint density at radius 2 is 1.85 bits per heavy atom. The van der Waals surface area contributed by atoms with Gasteiger partial charge in [0.15, 0.2) is 0 Å². The molecule has 0 spiro atoms. The van der Waals surface area contributed by atoms with E-state index in [9.17, 15) is 13.2 Å². The average molecular weight is 296 g/mol. The highest BCUT2D eigenvalue weighted by Gasteiger charge is 2.32. The molecular formula is C14H11F3N2S. The molecule has 1 aromatic heterocycles. The summed E-state index contributed by atoms with van der Waals surface area (Å²) in [7, 11) is 0. The Kier molecular flexibility index (Phi) is 4.42. The fraction of sp³-hybridized carbons (Fsp3) is 0.214. The van der Waals surface area contributed by atoms with Crippen LogP contribution in [0.15, 0.2) is 36.4 Å². The molecule has 0 bridgehead atoms. The normalized spacial score (nSPS) is 11.3. The van der Waals surface area contributed by atoms with E-state index in [0.29, 0.717) is 11.4 Å². The van der Waals surface area contributed by atoms with Crippen molar-refractivity contribution in [3.8, 4) is 6.07 Å². The second-order valence-corrected chi connectivity index (χ2v) is 5.30. The van der Waals surface area contributed by atoms with Crippen LogP contribution in [0.1, 0.15) is 20.9 Å². The molecule has 2 rings (SSSR count). The first-order valence-electron chi connectivity index (χ1n) is 5.85. The molecule has 0 fully saturated rings. The molecule has 0 aliphatic carbocycles. The fourth-order valence-corrected chi connectivity index (χ4v) is 2.58. The summed E-state index contributed by atoms with van der Waals surface area (Å²) in [6.07, 6.45) is -4.34. The van der Waals surface area contributed by atoms with E-state index in [-0.39, 0.29) is 12.1 Å². The molecule has 2 nitrogen and oxygen atoms in total. The van der Waals surface area contributed by atoms with Gasteiger partial charge >= 0.3 is 6.18 Å².